The molecule has 7 heavy (non-hydrogen) atoms. The second kappa shape index (κ2) is 1.66. The van der Waals surface area contributed by atoms with Gasteiger partial charge >= 0.3 is 0 Å². The first kappa shape index (κ1) is 4.84. The van der Waals surface area contributed by atoms with Gasteiger partial charge in [-0.1, -0.05) is 0 Å². The van der Waals surface area contributed by atoms with E-state index in [9.17, 15) is 0 Å². The van der Waals surface area contributed by atoms with Crippen LogP contribution >= 0.6 is 12.2 Å². The molecule has 0 spiro atoms. The van der Waals surface area contributed by atoms with Gasteiger partial charge in [0.2, 0.25) is 0 Å². The van der Waals surface area contributed by atoms with Gasteiger partial charge in [0.15, 0.2) is 0 Å². The highest BCUT2D eigenvalue weighted by molar-refractivity contribution is 7.80. The lowest BCUT2D eigenvalue weighted by Gasteiger charge is -1.92. The van der Waals surface area contributed by atoms with Gasteiger partial charge in [-0.3, -0.25) is 0 Å². The van der Waals surface area contributed by atoms with Gasteiger partial charge in [-0.25, -0.2) is 0 Å². The van der Waals surface area contributed by atoms with Crippen LogP contribution in [0.4, 0.5) is 0 Å². The fourth-order valence-corrected chi connectivity index (χ4v) is 0.754. The Kier molecular flexibility index (Phi) is 1.15. The fraction of sp³-hybridized carbons (Fsp3) is 0.750. The van der Waals surface area contributed by atoms with Crippen LogP contribution in [0.3, 0.4) is 0 Å². The van der Waals surface area contributed by atoms with Crippen molar-refractivity contribution >= 4 is 17.4 Å². The average Bonchev–Trinajstić information content (AvgIpc) is 1.87. The normalized spacial score (nSPS) is 29.3. The summed E-state index contributed by atoms with van der Waals surface area (Å²) in [5.74, 6) is 0. The van der Waals surface area contributed by atoms with Gasteiger partial charge in [0, 0.05) is 0 Å². The van der Waals surface area contributed by atoms with Crippen LogP contribution in [0.25, 0.3) is 0 Å². The number of thiocarbonyl (C=S) groups is 1. The van der Waals surface area contributed by atoms with Gasteiger partial charge in [-0.15, -0.1) is 0 Å². The summed E-state index contributed by atoms with van der Waals surface area (Å²) in [6.45, 7) is 2.75. The Labute approximate surface area is 47.9 Å². The van der Waals surface area contributed by atoms with Gasteiger partial charge in [-0.2, -0.15) is 0 Å². The van der Waals surface area contributed by atoms with E-state index in [1.807, 2.05) is 6.92 Å². The molecule has 0 aliphatic carbocycles. The van der Waals surface area contributed by atoms with Crippen LogP contribution < -0.4 is 5.32 Å². The zero-order valence-corrected chi connectivity index (χ0v) is 4.92. The van der Waals surface area contributed by atoms with Gasteiger partial charge in [0.1, 0.15) is 6.61 Å². The van der Waals surface area contributed by atoms with Crippen molar-refractivity contribution in [2.24, 2.45) is 0 Å². The quantitative estimate of drug-likeness (QED) is 0.460. The largest absolute Gasteiger partial charge is 0.469 e. The summed E-state index contributed by atoms with van der Waals surface area (Å²) in [5, 5.41) is 3.46. The van der Waals surface area contributed by atoms with E-state index in [2.05, 4.69) is 17.5 Å². The van der Waals surface area contributed by atoms with E-state index in [4.69, 9.17) is 4.74 Å². The van der Waals surface area contributed by atoms with Crippen molar-refractivity contribution < 1.29 is 4.74 Å². The van der Waals surface area contributed by atoms with Crippen molar-refractivity contribution in [3.63, 3.8) is 0 Å². The maximum Gasteiger partial charge on any atom is 0.257 e. The summed E-state index contributed by atoms with van der Waals surface area (Å²) in [7, 11) is 0. The summed E-state index contributed by atoms with van der Waals surface area (Å²) in [4.78, 5) is 0. The third kappa shape index (κ3) is 1.03. The zero-order chi connectivity index (χ0) is 5.28. The molecule has 1 atom stereocenters. The van der Waals surface area contributed by atoms with Gasteiger partial charge in [0.05, 0.1) is 6.04 Å². The fourth-order valence-electron chi connectivity index (χ4n) is 0.485. The third-order valence-corrected chi connectivity index (χ3v) is 1.06. The van der Waals surface area contributed by atoms with Crippen LogP contribution in [-0.2, 0) is 4.74 Å². The Morgan fingerprint density at radius 1 is 2.00 bits per heavy atom. The SMILES string of the molecule is CC1COC(=S)N1. The van der Waals surface area contributed by atoms with Crippen molar-refractivity contribution in [2.75, 3.05) is 6.61 Å². The van der Waals surface area contributed by atoms with E-state index < -0.39 is 0 Å². The molecular weight excluding hydrogens is 110 g/mol. The van der Waals surface area contributed by atoms with Crippen molar-refractivity contribution in [3.05, 3.63) is 0 Å². The molecule has 1 heterocycles. The molecule has 0 radical (unpaired) electrons. The Balaban J connectivity index is 2.40. The number of nitrogens with one attached hydrogen (secondary N) is 1. The molecule has 2 nitrogen and oxygen atoms in total. The molecule has 0 amide bonds. The maximum atomic E-state index is 4.89. The van der Waals surface area contributed by atoms with Crippen molar-refractivity contribution in [1.29, 1.82) is 0 Å². The Morgan fingerprint density at radius 3 is 2.86 bits per heavy atom. The lowest BCUT2D eigenvalue weighted by molar-refractivity contribution is 0.338. The third-order valence-electron chi connectivity index (χ3n) is 0.829. The van der Waals surface area contributed by atoms with E-state index in [0.717, 1.165) is 6.61 Å². The van der Waals surface area contributed by atoms with Crippen LogP contribution in [0.5, 0.6) is 0 Å². The molecule has 3 heteroatoms. The van der Waals surface area contributed by atoms with Crippen LogP contribution in [0.15, 0.2) is 0 Å². The van der Waals surface area contributed by atoms with Crippen LogP contribution in [-0.4, -0.2) is 17.8 Å². The lowest BCUT2D eigenvalue weighted by Crippen LogP contribution is -2.21. The molecule has 1 saturated heterocycles. The highest BCUT2D eigenvalue weighted by Gasteiger charge is 2.12. The minimum Gasteiger partial charge on any atom is -0.469 e. The van der Waals surface area contributed by atoms with Crippen LogP contribution in [0.1, 0.15) is 6.92 Å². The molecule has 0 saturated carbocycles. The number of hydrogen-bond donors (Lipinski definition) is 1. The Hall–Kier alpha value is -0.310. The molecule has 1 N–H and O–H groups in total. The van der Waals surface area contributed by atoms with E-state index in [1.165, 1.54) is 0 Å². The molecule has 0 bridgehead atoms. The summed E-state index contributed by atoms with van der Waals surface area (Å²) in [6, 6.07) is 0.410. The van der Waals surface area contributed by atoms with E-state index in [-0.39, 0.29) is 0 Å². The minimum atomic E-state index is 0.410. The first-order valence-corrected chi connectivity index (χ1v) is 2.63. The smallest absolute Gasteiger partial charge is 0.257 e. The minimum absolute atomic E-state index is 0.410. The summed E-state index contributed by atoms with van der Waals surface area (Å²) < 4.78 is 4.89. The summed E-state index contributed by atoms with van der Waals surface area (Å²) in [5.41, 5.74) is 0. The van der Waals surface area contributed by atoms with Crippen LogP contribution in [0, 0.1) is 0 Å². The van der Waals surface area contributed by atoms with Crippen LogP contribution in [0.2, 0.25) is 0 Å². The van der Waals surface area contributed by atoms with E-state index >= 15 is 0 Å². The van der Waals surface area contributed by atoms with Gasteiger partial charge in [0.25, 0.3) is 5.17 Å². The first-order chi connectivity index (χ1) is 3.29. The highest BCUT2D eigenvalue weighted by Crippen LogP contribution is 1.94. The predicted molar refractivity (Wildman–Crippen MR) is 31.1 cm³/mol. The zero-order valence-electron chi connectivity index (χ0n) is 4.10. The molecule has 40 valence electrons. The maximum absolute atomic E-state index is 4.89. The monoisotopic (exact) mass is 117 g/mol. The molecule has 1 rings (SSSR count). The van der Waals surface area contributed by atoms with Gasteiger partial charge in [-0.05, 0) is 19.1 Å². The molecule has 0 aromatic heterocycles. The van der Waals surface area contributed by atoms with Crippen molar-refractivity contribution in [3.8, 4) is 0 Å². The van der Waals surface area contributed by atoms with E-state index in [0.29, 0.717) is 11.2 Å². The average molecular weight is 117 g/mol. The molecule has 0 aromatic rings. The topological polar surface area (TPSA) is 21.3 Å². The standard InChI is InChI=1S/C4H7NOS/c1-3-2-6-4(7)5-3/h3H,2H2,1H3,(H,5,7). The second-order valence-corrected chi connectivity index (χ2v) is 2.01. The first-order valence-electron chi connectivity index (χ1n) is 2.22. The molecule has 1 fully saturated rings. The summed E-state index contributed by atoms with van der Waals surface area (Å²) >= 11 is 4.66. The lowest BCUT2D eigenvalue weighted by atomic mass is 10.4. The molecule has 1 aliphatic rings. The van der Waals surface area contributed by atoms with E-state index in [1.54, 1.807) is 0 Å². The van der Waals surface area contributed by atoms with Crippen molar-refractivity contribution in [2.45, 2.75) is 13.0 Å². The summed E-state index contributed by atoms with van der Waals surface area (Å²) in [6.07, 6.45) is 0. The molecule has 0 aromatic carbocycles. The second-order valence-electron chi connectivity index (χ2n) is 1.64. The highest BCUT2D eigenvalue weighted by atomic mass is 32.1. The van der Waals surface area contributed by atoms with Gasteiger partial charge < -0.3 is 10.1 Å². The Morgan fingerprint density at radius 2 is 2.71 bits per heavy atom. The molecule has 1 aliphatic heterocycles. The number of hydrogen-bond acceptors (Lipinski definition) is 2. The molecular formula is C4H7NOS. The number of rotatable bonds is 0. The molecule has 1 unspecified atom stereocenters. The predicted octanol–water partition coefficient (Wildman–Crippen LogP) is 0.280. The Bertz CT molecular complexity index is 93.7. The number of ether oxygens (including phenoxy) is 1. The van der Waals surface area contributed by atoms with Crippen molar-refractivity contribution in [1.82, 2.24) is 5.32 Å².